The molecule has 0 radical (unpaired) electrons. The first-order valence-corrected chi connectivity index (χ1v) is 11.7. The summed E-state index contributed by atoms with van der Waals surface area (Å²) in [5.41, 5.74) is 4.69. The van der Waals surface area contributed by atoms with E-state index in [4.69, 9.17) is 14.6 Å². The van der Waals surface area contributed by atoms with Crippen LogP contribution >= 0.6 is 0 Å². The number of ether oxygens (including phenoxy) is 2. The summed E-state index contributed by atoms with van der Waals surface area (Å²) in [5, 5.41) is 14.6. The van der Waals surface area contributed by atoms with Gasteiger partial charge in [-0.3, -0.25) is 9.59 Å². The number of fused-ring (bicyclic) bond motifs is 3. The molecule has 34 heavy (non-hydrogen) atoms. The normalized spacial score (nSPS) is 24.7. The van der Waals surface area contributed by atoms with E-state index in [9.17, 15) is 14.4 Å². The zero-order chi connectivity index (χ0) is 23.7. The number of carboxylic acid groups (broad SMARTS) is 1. The summed E-state index contributed by atoms with van der Waals surface area (Å²) in [5.74, 6) is -1.51. The van der Waals surface area contributed by atoms with Crippen molar-refractivity contribution < 1.29 is 29.0 Å². The third-order valence-corrected chi connectivity index (χ3v) is 7.05. The summed E-state index contributed by atoms with van der Waals surface area (Å²) >= 11 is 0. The molecule has 8 heteroatoms. The Morgan fingerprint density at radius 3 is 2.26 bits per heavy atom. The molecule has 1 aliphatic heterocycles. The summed E-state index contributed by atoms with van der Waals surface area (Å²) in [6.45, 7) is 1.14. The zero-order valence-corrected chi connectivity index (χ0v) is 18.7. The van der Waals surface area contributed by atoms with Crippen molar-refractivity contribution in [3.63, 3.8) is 0 Å². The Hall–Kier alpha value is -3.39. The molecule has 2 amide bonds. The maximum absolute atomic E-state index is 12.3. The van der Waals surface area contributed by atoms with Crippen molar-refractivity contribution in [2.75, 3.05) is 26.3 Å². The van der Waals surface area contributed by atoms with Crippen LogP contribution in [0.25, 0.3) is 11.1 Å². The van der Waals surface area contributed by atoms with Crippen LogP contribution in [0.4, 0.5) is 4.79 Å². The van der Waals surface area contributed by atoms with Gasteiger partial charge in [-0.1, -0.05) is 48.5 Å². The molecule has 178 valence electrons. The number of amides is 2. The molecule has 2 aliphatic carbocycles. The van der Waals surface area contributed by atoms with E-state index >= 15 is 0 Å². The maximum atomic E-state index is 12.3. The highest BCUT2D eigenvalue weighted by atomic mass is 16.5. The van der Waals surface area contributed by atoms with E-state index in [0.29, 0.717) is 25.9 Å². The van der Waals surface area contributed by atoms with Crippen LogP contribution < -0.4 is 10.6 Å². The number of alkyl carbamates (subject to hydrolysis) is 1. The molecule has 2 aromatic rings. The molecule has 2 aromatic carbocycles. The van der Waals surface area contributed by atoms with Crippen molar-refractivity contribution >= 4 is 18.0 Å². The minimum Gasteiger partial charge on any atom is -0.481 e. The highest BCUT2D eigenvalue weighted by Crippen LogP contribution is 2.44. The van der Waals surface area contributed by atoms with E-state index in [1.54, 1.807) is 0 Å². The van der Waals surface area contributed by atoms with Crippen LogP contribution in [0.3, 0.4) is 0 Å². The molecule has 8 nitrogen and oxygen atoms in total. The van der Waals surface area contributed by atoms with E-state index in [1.807, 2.05) is 24.3 Å². The Kier molecular flexibility index (Phi) is 6.24. The number of carboxylic acids is 1. The zero-order valence-electron chi connectivity index (χ0n) is 18.7. The molecule has 4 unspecified atom stereocenters. The van der Waals surface area contributed by atoms with Gasteiger partial charge in [0, 0.05) is 24.9 Å². The molecular formula is C26H28N2O6. The second kappa shape index (κ2) is 9.46. The van der Waals surface area contributed by atoms with Gasteiger partial charge >= 0.3 is 12.1 Å². The third-order valence-electron chi connectivity index (χ3n) is 7.05. The first kappa shape index (κ1) is 22.4. The van der Waals surface area contributed by atoms with Crippen LogP contribution in [0.15, 0.2) is 48.5 Å². The predicted octanol–water partition coefficient (Wildman–Crippen LogP) is 2.77. The summed E-state index contributed by atoms with van der Waals surface area (Å²) in [4.78, 5) is 35.7. The fraction of sp³-hybridized carbons (Fsp3) is 0.423. The second-order valence-corrected chi connectivity index (χ2v) is 9.28. The van der Waals surface area contributed by atoms with Crippen molar-refractivity contribution in [1.82, 2.24) is 10.6 Å². The van der Waals surface area contributed by atoms with Crippen LogP contribution in [-0.2, 0) is 19.1 Å². The molecule has 3 aliphatic rings. The van der Waals surface area contributed by atoms with E-state index in [0.717, 1.165) is 11.1 Å². The van der Waals surface area contributed by atoms with Gasteiger partial charge in [0.25, 0.3) is 0 Å². The number of benzene rings is 2. The van der Waals surface area contributed by atoms with Crippen molar-refractivity contribution in [2.24, 2.45) is 17.8 Å². The average molecular weight is 465 g/mol. The molecule has 1 heterocycles. The summed E-state index contributed by atoms with van der Waals surface area (Å²) in [6.07, 6.45) is 0.374. The van der Waals surface area contributed by atoms with Crippen molar-refractivity contribution in [1.29, 1.82) is 0 Å². The summed E-state index contributed by atoms with van der Waals surface area (Å²) in [6, 6.07) is 16.4. The maximum Gasteiger partial charge on any atom is 0.407 e. The predicted molar refractivity (Wildman–Crippen MR) is 123 cm³/mol. The number of rotatable bonds is 8. The number of carbonyl (C=O) groups excluding carboxylic acids is 2. The third kappa shape index (κ3) is 4.63. The molecule has 5 rings (SSSR count). The van der Waals surface area contributed by atoms with Gasteiger partial charge in [-0.25, -0.2) is 4.79 Å². The second-order valence-electron chi connectivity index (χ2n) is 9.28. The van der Waals surface area contributed by atoms with E-state index in [1.165, 1.54) is 11.1 Å². The fourth-order valence-corrected chi connectivity index (χ4v) is 5.02. The fourth-order valence-electron chi connectivity index (χ4n) is 5.02. The number of hydrogen-bond donors (Lipinski definition) is 3. The number of aliphatic carboxylic acids is 1. The van der Waals surface area contributed by atoms with Crippen LogP contribution in [-0.4, -0.2) is 55.5 Å². The van der Waals surface area contributed by atoms with Gasteiger partial charge in [0.05, 0.1) is 18.6 Å². The lowest BCUT2D eigenvalue weighted by Crippen LogP contribution is -2.34. The molecule has 4 atom stereocenters. The molecule has 0 spiro atoms. The molecular weight excluding hydrogens is 436 g/mol. The Labute approximate surface area is 197 Å². The standard InChI is InChI=1S/C26H28N2O6/c29-24(27-12-17-9-16(13-33-17)25(30)31)22-10-15(22)11-28-26(32)34-14-23-20-7-3-1-5-18(20)19-6-2-4-8-21(19)23/h1-8,15-17,22-23H,9-14H2,(H,27,29)(H,28,32)(H,30,31). The quantitative estimate of drug-likeness (QED) is 0.554. The number of hydrogen-bond acceptors (Lipinski definition) is 5. The van der Waals surface area contributed by atoms with Gasteiger partial charge in [-0.15, -0.1) is 0 Å². The van der Waals surface area contributed by atoms with Gasteiger partial charge in [-0.05, 0) is 41.0 Å². The van der Waals surface area contributed by atoms with Gasteiger partial charge in [-0.2, -0.15) is 0 Å². The minimum atomic E-state index is -0.865. The molecule has 0 bridgehead atoms. The van der Waals surface area contributed by atoms with Crippen LogP contribution in [0.1, 0.15) is 29.9 Å². The van der Waals surface area contributed by atoms with E-state index in [-0.39, 0.29) is 43.0 Å². The molecule has 0 aromatic heterocycles. The van der Waals surface area contributed by atoms with E-state index in [2.05, 4.69) is 34.9 Å². The minimum absolute atomic E-state index is 0.0103. The smallest absolute Gasteiger partial charge is 0.407 e. The lowest BCUT2D eigenvalue weighted by Gasteiger charge is -2.14. The van der Waals surface area contributed by atoms with Crippen molar-refractivity contribution in [2.45, 2.75) is 24.9 Å². The van der Waals surface area contributed by atoms with Gasteiger partial charge in [0.15, 0.2) is 0 Å². The Balaban J connectivity index is 1.04. The Morgan fingerprint density at radius 2 is 1.62 bits per heavy atom. The first-order chi connectivity index (χ1) is 16.5. The van der Waals surface area contributed by atoms with E-state index < -0.39 is 18.0 Å². The number of carbonyl (C=O) groups is 3. The Bertz CT molecular complexity index is 1060. The summed E-state index contributed by atoms with van der Waals surface area (Å²) in [7, 11) is 0. The van der Waals surface area contributed by atoms with Crippen molar-refractivity contribution in [3.05, 3.63) is 59.7 Å². The molecule has 1 saturated heterocycles. The average Bonchev–Trinajstić information content (AvgIpc) is 3.34. The SMILES string of the molecule is O=C(NCC1CC1C(=O)NCC1CC(C(=O)O)CO1)OCC1c2ccccc2-c2ccccc21. The number of nitrogens with one attached hydrogen (secondary N) is 2. The van der Waals surface area contributed by atoms with Crippen molar-refractivity contribution in [3.8, 4) is 11.1 Å². The van der Waals surface area contributed by atoms with Gasteiger partial charge in [0.2, 0.25) is 5.91 Å². The molecule has 3 N–H and O–H groups in total. The first-order valence-electron chi connectivity index (χ1n) is 11.7. The van der Waals surface area contributed by atoms with Crippen LogP contribution in [0, 0.1) is 17.8 Å². The summed E-state index contributed by atoms with van der Waals surface area (Å²) < 4.78 is 11.0. The van der Waals surface area contributed by atoms with Crippen LogP contribution in [0.5, 0.6) is 0 Å². The highest BCUT2D eigenvalue weighted by molar-refractivity contribution is 5.82. The van der Waals surface area contributed by atoms with Gasteiger partial charge < -0.3 is 25.2 Å². The highest BCUT2D eigenvalue weighted by Gasteiger charge is 2.43. The lowest BCUT2D eigenvalue weighted by atomic mass is 9.98. The van der Waals surface area contributed by atoms with Gasteiger partial charge in [0.1, 0.15) is 6.61 Å². The molecule has 1 saturated carbocycles. The van der Waals surface area contributed by atoms with Crippen LogP contribution in [0.2, 0.25) is 0 Å². The largest absolute Gasteiger partial charge is 0.481 e. The Morgan fingerprint density at radius 1 is 0.941 bits per heavy atom. The lowest BCUT2D eigenvalue weighted by molar-refractivity contribution is -0.141. The topological polar surface area (TPSA) is 114 Å². The monoisotopic (exact) mass is 464 g/mol. The molecule has 2 fully saturated rings.